The highest BCUT2D eigenvalue weighted by Crippen LogP contribution is 2.10. The average Bonchev–Trinajstić information content (AvgIpc) is 3.15. The first kappa shape index (κ1) is 17.4. The van der Waals surface area contributed by atoms with Crippen molar-refractivity contribution in [3.8, 4) is 0 Å². The van der Waals surface area contributed by atoms with Crippen molar-refractivity contribution >= 4 is 11.9 Å². The minimum Gasteiger partial charge on any atom is -0.465 e. The highest BCUT2D eigenvalue weighted by molar-refractivity contribution is 5.90. The lowest BCUT2D eigenvalue weighted by atomic mass is 10.1. The lowest BCUT2D eigenvalue weighted by molar-refractivity contribution is 0.0472. The quantitative estimate of drug-likeness (QED) is 0.639. The Hall–Kier alpha value is -3.41. The zero-order valence-electron chi connectivity index (χ0n) is 14.3. The molecule has 0 saturated carbocycles. The van der Waals surface area contributed by atoms with Crippen LogP contribution in [0, 0.1) is 0 Å². The van der Waals surface area contributed by atoms with Crippen molar-refractivity contribution in [2.45, 2.75) is 13.2 Å². The molecular weight excluding hydrogens is 332 g/mol. The van der Waals surface area contributed by atoms with Crippen molar-refractivity contribution in [3.05, 3.63) is 89.2 Å². The van der Waals surface area contributed by atoms with Crippen molar-refractivity contribution in [2.24, 2.45) is 0 Å². The topological polar surface area (TPSA) is 70.4 Å². The maximum atomic E-state index is 12.2. The molecule has 0 amide bonds. The third-order valence-electron chi connectivity index (χ3n) is 3.77. The molecule has 0 atom stereocenters. The van der Waals surface area contributed by atoms with E-state index in [2.05, 4.69) is 9.84 Å². The van der Waals surface area contributed by atoms with Crippen LogP contribution in [0.5, 0.6) is 0 Å². The van der Waals surface area contributed by atoms with Gasteiger partial charge in [-0.15, -0.1) is 0 Å². The van der Waals surface area contributed by atoms with Crippen LogP contribution >= 0.6 is 0 Å². The molecule has 26 heavy (non-hydrogen) atoms. The monoisotopic (exact) mass is 350 g/mol. The number of benzene rings is 2. The first-order chi connectivity index (χ1) is 12.7. The highest BCUT2D eigenvalue weighted by Gasteiger charge is 2.12. The van der Waals surface area contributed by atoms with Crippen LogP contribution in [0.15, 0.2) is 67.0 Å². The van der Waals surface area contributed by atoms with Gasteiger partial charge in [-0.3, -0.25) is 4.68 Å². The van der Waals surface area contributed by atoms with Crippen LogP contribution in [0.1, 0.15) is 31.8 Å². The molecule has 0 radical (unpaired) electrons. The van der Waals surface area contributed by atoms with Crippen LogP contribution in [0.2, 0.25) is 0 Å². The minimum atomic E-state index is -0.465. The van der Waals surface area contributed by atoms with Crippen LogP contribution in [-0.4, -0.2) is 28.8 Å². The number of carbonyl (C=O) groups is 2. The molecule has 1 heterocycles. The van der Waals surface area contributed by atoms with Gasteiger partial charge in [-0.1, -0.05) is 42.5 Å². The SMILES string of the molecule is COC(=O)c1cccc(COC(=O)c2cnn(Cc3ccccc3)c2)c1. The average molecular weight is 350 g/mol. The Kier molecular flexibility index (Phi) is 5.43. The van der Waals surface area contributed by atoms with Gasteiger partial charge >= 0.3 is 11.9 Å². The van der Waals surface area contributed by atoms with E-state index in [1.807, 2.05) is 30.3 Å². The molecule has 0 spiro atoms. The number of rotatable bonds is 6. The predicted molar refractivity (Wildman–Crippen MR) is 94.7 cm³/mol. The van der Waals surface area contributed by atoms with Gasteiger partial charge in [0.15, 0.2) is 0 Å². The summed E-state index contributed by atoms with van der Waals surface area (Å²) in [5, 5.41) is 4.19. The van der Waals surface area contributed by atoms with Crippen molar-refractivity contribution < 1.29 is 19.1 Å². The van der Waals surface area contributed by atoms with E-state index in [-0.39, 0.29) is 6.61 Å². The number of ether oxygens (including phenoxy) is 2. The molecule has 3 aromatic rings. The standard InChI is InChI=1S/C20H18N2O4/c1-25-19(23)17-9-5-8-16(10-17)14-26-20(24)18-11-21-22(13-18)12-15-6-3-2-4-7-15/h2-11,13H,12,14H2,1H3. The molecule has 0 bridgehead atoms. The van der Waals surface area contributed by atoms with E-state index < -0.39 is 11.9 Å². The van der Waals surface area contributed by atoms with E-state index in [1.54, 1.807) is 35.1 Å². The number of nitrogens with zero attached hydrogens (tertiary/aromatic N) is 2. The van der Waals surface area contributed by atoms with Crippen LogP contribution < -0.4 is 0 Å². The summed E-state index contributed by atoms with van der Waals surface area (Å²) in [5.74, 6) is -0.895. The summed E-state index contributed by atoms with van der Waals surface area (Å²) < 4.78 is 11.7. The summed E-state index contributed by atoms with van der Waals surface area (Å²) in [4.78, 5) is 23.7. The van der Waals surface area contributed by atoms with Gasteiger partial charge in [0.2, 0.25) is 0 Å². The molecule has 0 unspecified atom stereocenters. The number of carbonyl (C=O) groups excluding carboxylic acids is 2. The minimum absolute atomic E-state index is 0.0630. The molecular formula is C20H18N2O4. The fraction of sp³-hybridized carbons (Fsp3) is 0.150. The van der Waals surface area contributed by atoms with Crippen LogP contribution in [0.25, 0.3) is 0 Å². The first-order valence-electron chi connectivity index (χ1n) is 8.06. The van der Waals surface area contributed by atoms with Crippen LogP contribution in [0.3, 0.4) is 0 Å². The second kappa shape index (κ2) is 8.11. The van der Waals surface area contributed by atoms with Crippen LogP contribution in [0.4, 0.5) is 0 Å². The Morgan fingerprint density at radius 2 is 1.73 bits per heavy atom. The molecule has 2 aromatic carbocycles. The van der Waals surface area contributed by atoms with E-state index >= 15 is 0 Å². The van der Waals surface area contributed by atoms with Crippen molar-refractivity contribution in [3.63, 3.8) is 0 Å². The Bertz CT molecular complexity index is 903. The van der Waals surface area contributed by atoms with Gasteiger partial charge in [-0.05, 0) is 23.3 Å². The Balaban J connectivity index is 1.60. The second-order valence-corrected chi connectivity index (χ2v) is 5.68. The molecule has 0 aliphatic carbocycles. The molecule has 3 rings (SSSR count). The fourth-order valence-electron chi connectivity index (χ4n) is 2.46. The largest absolute Gasteiger partial charge is 0.465 e. The number of aromatic nitrogens is 2. The maximum absolute atomic E-state index is 12.2. The number of hydrogen-bond acceptors (Lipinski definition) is 5. The predicted octanol–water partition coefficient (Wildman–Crippen LogP) is 3.08. The van der Waals surface area contributed by atoms with E-state index in [0.717, 1.165) is 5.56 Å². The normalized spacial score (nSPS) is 10.3. The van der Waals surface area contributed by atoms with Gasteiger partial charge < -0.3 is 9.47 Å². The van der Waals surface area contributed by atoms with E-state index in [0.29, 0.717) is 23.2 Å². The Morgan fingerprint density at radius 3 is 2.50 bits per heavy atom. The van der Waals surface area contributed by atoms with Gasteiger partial charge in [0.1, 0.15) is 6.61 Å². The fourth-order valence-corrected chi connectivity index (χ4v) is 2.46. The van der Waals surface area contributed by atoms with Gasteiger partial charge in [0.05, 0.1) is 31.0 Å². The first-order valence-corrected chi connectivity index (χ1v) is 8.06. The smallest absolute Gasteiger partial charge is 0.341 e. The Labute approximate surface area is 151 Å². The highest BCUT2D eigenvalue weighted by atomic mass is 16.5. The third-order valence-corrected chi connectivity index (χ3v) is 3.77. The summed E-state index contributed by atoms with van der Waals surface area (Å²) in [6, 6.07) is 16.6. The maximum Gasteiger partial charge on any atom is 0.341 e. The van der Waals surface area contributed by atoms with Gasteiger partial charge in [-0.25, -0.2) is 9.59 Å². The summed E-state index contributed by atoms with van der Waals surface area (Å²) in [7, 11) is 1.32. The third kappa shape index (κ3) is 4.36. The van der Waals surface area contributed by atoms with Crippen molar-refractivity contribution in [1.29, 1.82) is 0 Å². The molecule has 1 aromatic heterocycles. The van der Waals surface area contributed by atoms with E-state index in [4.69, 9.17) is 4.74 Å². The Morgan fingerprint density at radius 1 is 0.962 bits per heavy atom. The lowest BCUT2D eigenvalue weighted by Crippen LogP contribution is -2.06. The number of methoxy groups -OCH3 is 1. The molecule has 0 saturated heterocycles. The molecule has 0 aliphatic heterocycles. The number of hydrogen-bond donors (Lipinski definition) is 0. The molecule has 132 valence electrons. The van der Waals surface area contributed by atoms with Gasteiger partial charge in [-0.2, -0.15) is 5.10 Å². The molecule has 0 N–H and O–H groups in total. The zero-order valence-corrected chi connectivity index (χ0v) is 14.3. The number of esters is 2. The summed E-state index contributed by atoms with van der Waals surface area (Å²) >= 11 is 0. The second-order valence-electron chi connectivity index (χ2n) is 5.68. The molecule has 6 heteroatoms. The van der Waals surface area contributed by atoms with Crippen LogP contribution in [-0.2, 0) is 22.6 Å². The van der Waals surface area contributed by atoms with E-state index in [1.165, 1.54) is 13.3 Å². The van der Waals surface area contributed by atoms with Crippen molar-refractivity contribution in [2.75, 3.05) is 7.11 Å². The van der Waals surface area contributed by atoms with Gasteiger partial charge in [0.25, 0.3) is 0 Å². The summed E-state index contributed by atoms with van der Waals surface area (Å²) in [5.41, 5.74) is 2.59. The molecule has 6 nitrogen and oxygen atoms in total. The molecule has 0 fully saturated rings. The van der Waals surface area contributed by atoms with Crippen molar-refractivity contribution in [1.82, 2.24) is 9.78 Å². The zero-order chi connectivity index (χ0) is 18.4. The lowest BCUT2D eigenvalue weighted by Gasteiger charge is -2.05. The molecule has 0 aliphatic rings. The summed E-state index contributed by atoms with van der Waals surface area (Å²) in [6.45, 7) is 0.642. The van der Waals surface area contributed by atoms with E-state index in [9.17, 15) is 9.59 Å². The summed E-state index contributed by atoms with van der Waals surface area (Å²) in [6.07, 6.45) is 3.14. The van der Waals surface area contributed by atoms with Gasteiger partial charge in [0, 0.05) is 6.20 Å².